The standard InChI is InChI=1S/C20H27N7O3/c21-26-23-13-16-18(20(28)22-10-4-5-11-24-29)27-12-6-9-17(19(27)25-16)30-14-15-7-2-1-3-8-15/h6,9,12,15H,1-5,7-8,10-11,13-14H2,(H,22,28). The lowest BCUT2D eigenvalue weighted by molar-refractivity contribution is 0.0946. The molecular weight excluding hydrogens is 386 g/mol. The molecule has 0 radical (unpaired) electrons. The highest BCUT2D eigenvalue weighted by molar-refractivity contribution is 5.95. The number of nitroso groups, excluding NO2 is 1. The molecular formula is C20H27N7O3. The molecule has 0 saturated heterocycles. The first kappa shape index (κ1) is 21.6. The molecule has 0 spiro atoms. The van der Waals surface area contributed by atoms with Crippen LogP contribution < -0.4 is 10.1 Å². The lowest BCUT2D eigenvalue weighted by atomic mass is 9.90. The molecule has 10 nitrogen and oxygen atoms in total. The number of hydrogen-bond donors (Lipinski definition) is 1. The van der Waals surface area contributed by atoms with Crippen molar-refractivity contribution in [3.8, 4) is 5.75 Å². The van der Waals surface area contributed by atoms with Gasteiger partial charge in [0.05, 0.1) is 25.4 Å². The number of aromatic nitrogens is 2. The molecule has 2 aromatic rings. The number of pyridine rings is 1. The summed E-state index contributed by atoms with van der Waals surface area (Å²) in [7, 11) is 0. The minimum atomic E-state index is -0.311. The SMILES string of the molecule is [N-]=[N+]=NCc1nc2c(OCC3CCCCC3)cccn2c1C(=O)NCCCCN=O. The van der Waals surface area contributed by atoms with Crippen LogP contribution in [-0.2, 0) is 6.54 Å². The van der Waals surface area contributed by atoms with Crippen molar-refractivity contribution in [3.05, 3.63) is 45.1 Å². The Balaban J connectivity index is 1.80. The van der Waals surface area contributed by atoms with E-state index in [2.05, 4.69) is 25.5 Å². The zero-order valence-electron chi connectivity index (χ0n) is 17.0. The number of imidazole rings is 1. The third kappa shape index (κ3) is 5.48. The number of carbonyl (C=O) groups is 1. The van der Waals surface area contributed by atoms with Gasteiger partial charge in [-0.15, -0.1) is 0 Å². The first-order valence-corrected chi connectivity index (χ1v) is 10.5. The zero-order chi connectivity index (χ0) is 21.2. The summed E-state index contributed by atoms with van der Waals surface area (Å²) >= 11 is 0. The molecule has 2 heterocycles. The van der Waals surface area contributed by atoms with Crippen molar-refractivity contribution in [1.29, 1.82) is 0 Å². The maximum atomic E-state index is 12.8. The molecule has 1 aliphatic carbocycles. The fraction of sp³-hybridized carbons (Fsp3) is 0.600. The molecule has 160 valence electrons. The Labute approximate surface area is 174 Å². The van der Waals surface area contributed by atoms with Crippen LogP contribution in [0.3, 0.4) is 0 Å². The molecule has 0 aromatic carbocycles. The molecule has 1 fully saturated rings. The summed E-state index contributed by atoms with van der Waals surface area (Å²) in [5.74, 6) is 0.843. The third-order valence-corrected chi connectivity index (χ3v) is 5.35. The fourth-order valence-electron chi connectivity index (χ4n) is 3.80. The second-order valence-electron chi connectivity index (χ2n) is 7.49. The predicted octanol–water partition coefficient (Wildman–Crippen LogP) is 4.38. The Bertz CT molecular complexity index is 915. The second-order valence-corrected chi connectivity index (χ2v) is 7.49. The van der Waals surface area contributed by atoms with E-state index in [0.717, 1.165) is 0 Å². The quantitative estimate of drug-likeness (QED) is 0.192. The fourth-order valence-corrected chi connectivity index (χ4v) is 3.80. The number of rotatable bonds is 11. The van der Waals surface area contributed by atoms with Crippen LogP contribution in [0.1, 0.15) is 61.1 Å². The van der Waals surface area contributed by atoms with Crippen LogP contribution in [0.5, 0.6) is 5.75 Å². The monoisotopic (exact) mass is 413 g/mol. The summed E-state index contributed by atoms with van der Waals surface area (Å²) in [5.41, 5.74) is 9.96. The van der Waals surface area contributed by atoms with Crippen LogP contribution in [0, 0.1) is 10.8 Å². The number of carbonyl (C=O) groups excluding carboxylic acids is 1. The van der Waals surface area contributed by atoms with Gasteiger partial charge in [0.15, 0.2) is 11.4 Å². The average Bonchev–Trinajstić information content (AvgIpc) is 3.15. The highest BCUT2D eigenvalue weighted by Gasteiger charge is 2.21. The molecule has 0 aliphatic heterocycles. The first-order valence-electron chi connectivity index (χ1n) is 10.5. The highest BCUT2D eigenvalue weighted by atomic mass is 16.5. The predicted molar refractivity (Wildman–Crippen MR) is 112 cm³/mol. The van der Waals surface area contributed by atoms with E-state index in [-0.39, 0.29) is 19.0 Å². The normalized spacial score (nSPS) is 14.3. The van der Waals surface area contributed by atoms with Gasteiger partial charge in [0.25, 0.3) is 5.91 Å². The maximum Gasteiger partial charge on any atom is 0.270 e. The molecule has 0 unspecified atom stereocenters. The number of ether oxygens (including phenoxy) is 1. The molecule has 10 heteroatoms. The second kappa shape index (κ2) is 11.2. The molecule has 1 amide bonds. The minimum absolute atomic E-state index is 0.0297. The number of nitrogens with one attached hydrogen (secondary N) is 1. The lowest BCUT2D eigenvalue weighted by Gasteiger charge is -2.21. The van der Waals surface area contributed by atoms with Gasteiger partial charge in [0, 0.05) is 17.7 Å². The van der Waals surface area contributed by atoms with E-state index < -0.39 is 0 Å². The summed E-state index contributed by atoms with van der Waals surface area (Å²) in [6.45, 7) is 1.25. The first-order chi connectivity index (χ1) is 14.7. The Morgan fingerprint density at radius 2 is 2.17 bits per heavy atom. The van der Waals surface area contributed by atoms with Crippen LogP contribution in [-0.4, -0.2) is 35.0 Å². The van der Waals surface area contributed by atoms with Gasteiger partial charge in [0.2, 0.25) is 0 Å². The molecule has 30 heavy (non-hydrogen) atoms. The topological polar surface area (TPSA) is 134 Å². The molecule has 1 N–H and O–H groups in total. The molecule has 0 bridgehead atoms. The summed E-state index contributed by atoms with van der Waals surface area (Å²) in [6.07, 6.45) is 9.13. The Morgan fingerprint density at radius 3 is 2.93 bits per heavy atom. The number of fused-ring (bicyclic) bond motifs is 1. The van der Waals surface area contributed by atoms with Gasteiger partial charge in [-0.05, 0) is 49.3 Å². The van der Waals surface area contributed by atoms with E-state index in [1.165, 1.54) is 32.1 Å². The van der Waals surface area contributed by atoms with E-state index in [4.69, 9.17) is 10.3 Å². The van der Waals surface area contributed by atoms with Crippen molar-refractivity contribution >= 4 is 11.6 Å². The van der Waals surface area contributed by atoms with Crippen molar-refractivity contribution in [2.45, 2.75) is 51.5 Å². The van der Waals surface area contributed by atoms with Crippen LogP contribution in [0.25, 0.3) is 16.1 Å². The maximum absolute atomic E-state index is 12.8. The van der Waals surface area contributed by atoms with Gasteiger partial charge in [-0.1, -0.05) is 29.6 Å². The lowest BCUT2D eigenvalue weighted by Crippen LogP contribution is -2.26. The minimum Gasteiger partial charge on any atom is -0.489 e. The van der Waals surface area contributed by atoms with Gasteiger partial charge in [0.1, 0.15) is 5.69 Å². The third-order valence-electron chi connectivity index (χ3n) is 5.35. The van der Waals surface area contributed by atoms with Gasteiger partial charge in [-0.3, -0.25) is 9.20 Å². The number of unbranched alkanes of at least 4 members (excludes halogenated alkanes) is 1. The largest absolute Gasteiger partial charge is 0.489 e. The average molecular weight is 413 g/mol. The Morgan fingerprint density at radius 1 is 1.33 bits per heavy atom. The van der Waals surface area contributed by atoms with Crippen LogP contribution in [0.15, 0.2) is 28.6 Å². The highest BCUT2D eigenvalue weighted by Crippen LogP contribution is 2.27. The van der Waals surface area contributed by atoms with Crippen molar-refractivity contribution in [2.24, 2.45) is 16.2 Å². The van der Waals surface area contributed by atoms with Crippen LogP contribution >= 0.6 is 0 Å². The van der Waals surface area contributed by atoms with E-state index in [1.54, 1.807) is 10.6 Å². The van der Waals surface area contributed by atoms with Crippen LogP contribution in [0.2, 0.25) is 0 Å². The van der Waals surface area contributed by atoms with Crippen molar-refractivity contribution < 1.29 is 9.53 Å². The molecule has 3 rings (SSSR count). The van der Waals surface area contributed by atoms with Crippen molar-refractivity contribution in [1.82, 2.24) is 14.7 Å². The van der Waals surface area contributed by atoms with Gasteiger partial charge in [-0.2, -0.15) is 4.91 Å². The Kier molecular flexibility index (Phi) is 8.02. The molecule has 1 saturated carbocycles. The summed E-state index contributed by atoms with van der Waals surface area (Å²) in [6, 6.07) is 3.66. The number of amides is 1. The summed E-state index contributed by atoms with van der Waals surface area (Å²) in [5, 5.41) is 9.24. The Hall–Kier alpha value is -3.13. The zero-order valence-corrected chi connectivity index (χ0v) is 17.0. The number of hydrogen-bond acceptors (Lipinski definition) is 6. The molecule has 1 aliphatic rings. The van der Waals surface area contributed by atoms with Crippen molar-refractivity contribution in [3.63, 3.8) is 0 Å². The van der Waals surface area contributed by atoms with Gasteiger partial charge < -0.3 is 10.1 Å². The summed E-state index contributed by atoms with van der Waals surface area (Å²) in [4.78, 5) is 30.3. The van der Waals surface area contributed by atoms with Crippen LogP contribution in [0.4, 0.5) is 0 Å². The number of nitrogens with zero attached hydrogens (tertiary/aromatic N) is 6. The van der Waals surface area contributed by atoms with E-state index in [1.807, 2.05) is 12.1 Å². The van der Waals surface area contributed by atoms with E-state index in [9.17, 15) is 9.70 Å². The van der Waals surface area contributed by atoms with Crippen molar-refractivity contribution in [2.75, 3.05) is 19.7 Å². The van der Waals surface area contributed by atoms with Gasteiger partial charge >= 0.3 is 0 Å². The molecule has 2 aromatic heterocycles. The van der Waals surface area contributed by atoms with Gasteiger partial charge in [-0.25, -0.2) is 4.98 Å². The van der Waals surface area contributed by atoms with E-state index in [0.29, 0.717) is 54.7 Å². The summed E-state index contributed by atoms with van der Waals surface area (Å²) < 4.78 is 7.76. The van der Waals surface area contributed by atoms with E-state index >= 15 is 0 Å². The smallest absolute Gasteiger partial charge is 0.270 e. The molecule has 0 atom stereocenters. The number of azide groups is 1.